The average Bonchev–Trinajstić information content (AvgIpc) is 2.84. The first-order chi connectivity index (χ1) is 8.58. The first-order valence-corrected chi connectivity index (χ1v) is 7.20. The summed E-state index contributed by atoms with van der Waals surface area (Å²) in [5.74, 6) is 0.0126. The summed E-state index contributed by atoms with van der Waals surface area (Å²) >= 11 is 4.97. The molecule has 94 valence electrons. The number of benzene rings is 1. The lowest BCUT2D eigenvalue weighted by Gasteiger charge is -2.16. The Morgan fingerprint density at radius 1 is 1.50 bits per heavy atom. The smallest absolute Gasteiger partial charge is 0.253 e. The number of aryl methyl sites for hydroxylation is 1. The van der Waals surface area contributed by atoms with Crippen LogP contribution in [0.2, 0.25) is 0 Å². The third-order valence-electron chi connectivity index (χ3n) is 2.63. The lowest BCUT2D eigenvalue weighted by molar-refractivity contribution is 0.0783. The molecule has 0 bridgehead atoms. The van der Waals surface area contributed by atoms with Gasteiger partial charge in [0.2, 0.25) is 0 Å². The summed E-state index contributed by atoms with van der Waals surface area (Å²) in [7, 11) is 1.79. The first kappa shape index (κ1) is 13.2. The van der Waals surface area contributed by atoms with Crippen LogP contribution in [0.25, 0.3) is 0 Å². The predicted molar refractivity (Wildman–Crippen MR) is 76.8 cm³/mol. The van der Waals surface area contributed by atoms with Crippen LogP contribution in [0, 0.1) is 6.92 Å². The van der Waals surface area contributed by atoms with Crippen molar-refractivity contribution in [2.45, 2.75) is 13.5 Å². The van der Waals surface area contributed by atoms with Crippen molar-refractivity contribution < 1.29 is 4.79 Å². The Morgan fingerprint density at radius 2 is 2.28 bits per heavy atom. The maximum atomic E-state index is 12.2. The number of carbonyl (C=O) groups is 1. The molecular weight excluding hydrogens is 312 g/mol. The van der Waals surface area contributed by atoms with Crippen LogP contribution in [0.1, 0.15) is 21.6 Å². The van der Waals surface area contributed by atoms with Gasteiger partial charge in [0.1, 0.15) is 0 Å². The number of halogens is 1. The largest absolute Gasteiger partial charge is 0.336 e. The van der Waals surface area contributed by atoms with Crippen molar-refractivity contribution in [2.24, 2.45) is 0 Å². The predicted octanol–water partition coefficient (Wildman–Crippen LogP) is 3.49. The normalized spacial score (nSPS) is 10.4. The minimum atomic E-state index is 0.0126. The Bertz CT molecular complexity index is 554. The van der Waals surface area contributed by atoms with Crippen molar-refractivity contribution in [3.63, 3.8) is 0 Å². The van der Waals surface area contributed by atoms with Gasteiger partial charge in [-0.25, -0.2) is 4.98 Å². The van der Waals surface area contributed by atoms with Gasteiger partial charge in [-0.1, -0.05) is 15.9 Å². The summed E-state index contributed by atoms with van der Waals surface area (Å²) in [5, 5.41) is 1.95. The van der Waals surface area contributed by atoms with E-state index in [-0.39, 0.29) is 5.91 Å². The molecule has 3 nitrogen and oxygen atoms in total. The molecule has 1 aromatic carbocycles. The number of aromatic nitrogens is 1. The summed E-state index contributed by atoms with van der Waals surface area (Å²) in [6.45, 7) is 2.51. The Labute approximate surface area is 119 Å². The molecule has 0 aliphatic heterocycles. The van der Waals surface area contributed by atoms with Crippen molar-refractivity contribution in [1.82, 2.24) is 9.88 Å². The van der Waals surface area contributed by atoms with Gasteiger partial charge in [-0.2, -0.15) is 0 Å². The topological polar surface area (TPSA) is 33.2 Å². The quantitative estimate of drug-likeness (QED) is 0.865. The molecule has 0 fully saturated rings. The highest BCUT2D eigenvalue weighted by molar-refractivity contribution is 9.10. The Hall–Kier alpha value is -1.20. The molecule has 0 atom stereocenters. The molecule has 0 radical (unpaired) electrons. The van der Waals surface area contributed by atoms with Gasteiger partial charge in [0.05, 0.1) is 17.7 Å². The van der Waals surface area contributed by atoms with Crippen LogP contribution in [-0.4, -0.2) is 22.8 Å². The van der Waals surface area contributed by atoms with Gasteiger partial charge < -0.3 is 4.90 Å². The second kappa shape index (κ2) is 5.63. The fourth-order valence-corrected chi connectivity index (χ4v) is 2.42. The van der Waals surface area contributed by atoms with Crippen molar-refractivity contribution in [3.8, 4) is 0 Å². The summed E-state index contributed by atoms with van der Waals surface area (Å²) in [5.41, 5.74) is 4.46. The third-order valence-corrected chi connectivity index (χ3v) is 4.16. The average molecular weight is 325 g/mol. The molecular formula is C13H13BrN2OS. The lowest BCUT2D eigenvalue weighted by atomic mass is 10.1. The summed E-state index contributed by atoms with van der Waals surface area (Å²) in [4.78, 5) is 18.1. The van der Waals surface area contributed by atoms with Crippen LogP contribution in [0.5, 0.6) is 0 Å². The van der Waals surface area contributed by atoms with Crippen LogP contribution in [0.15, 0.2) is 33.6 Å². The molecule has 0 N–H and O–H groups in total. The van der Waals surface area contributed by atoms with Gasteiger partial charge in [-0.15, -0.1) is 11.3 Å². The molecule has 0 saturated carbocycles. The van der Waals surface area contributed by atoms with Gasteiger partial charge in [0, 0.05) is 22.5 Å². The molecule has 0 spiro atoms. The van der Waals surface area contributed by atoms with E-state index in [0.717, 1.165) is 15.7 Å². The zero-order valence-corrected chi connectivity index (χ0v) is 12.6. The second-order valence-corrected chi connectivity index (χ2v) is 5.68. The van der Waals surface area contributed by atoms with Crippen LogP contribution in [0.4, 0.5) is 0 Å². The molecule has 18 heavy (non-hydrogen) atoms. The van der Waals surface area contributed by atoms with Gasteiger partial charge >= 0.3 is 0 Å². The molecule has 2 rings (SSSR count). The van der Waals surface area contributed by atoms with E-state index in [0.29, 0.717) is 12.1 Å². The Morgan fingerprint density at radius 3 is 2.89 bits per heavy atom. The van der Waals surface area contributed by atoms with Crippen LogP contribution >= 0.6 is 27.3 Å². The number of amides is 1. The number of hydrogen-bond donors (Lipinski definition) is 0. The highest BCUT2D eigenvalue weighted by Gasteiger charge is 2.13. The van der Waals surface area contributed by atoms with E-state index in [1.165, 1.54) is 11.3 Å². The summed E-state index contributed by atoms with van der Waals surface area (Å²) < 4.78 is 1.02. The van der Waals surface area contributed by atoms with Gasteiger partial charge in [0.15, 0.2) is 0 Å². The number of thiazole rings is 1. The highest BCUT2D eigenvalue weighted by atomic mass is 79.9. The number of rotatable bonds is 3. The maximum Gasteiger partial charge on any atom is 0.253 e. The van der Waals surface area contributed by atoms with Crippen LogP contribution in [-0.2, 0) is 6.54 Å². The van der Waals surface area contributed by atoms with Crippen molar-refractivity contribution >= 4 is 33.2 Å². The summed E-state index contributed by atoms with van der Waals surface area (Å²) in [6.07, 6.45) is 0. The zero-order chi connectivity index (χ0) is 13.1. The number of nitrogens with zero attached hydrogens (tertiary/aromatic N) is 2. The van der Waals surface area contributed by atoms with Crippen LogP contribution < -0.4 is 0 Å². The van der Waals surface area contributed by atoms with Crippen molar-refractivity contribution in [1.29, 1.82) is 0 Å². The molecule has 2 aromatic rings. The number of carbonyl (C=O) groups excluding carboxylic acids is 1. The number of hydrogen-bond acceptors (Lipinski definition) is 3. The minimum Gasteiger partial charge on any atom is -0.336 e. The molecule has 1 amide bonds. The molecule has 0 unspecified atom stereocenters. The molecule has 1 heterocycles. The maximum absolute atomic E-state index is 12.2. The molecule has 0 aliphatic rings. The van der Waals surface area contributed by atoms with E-state index in [1.807, 2.05) is 30.5 Å². The van der Waals surface area contributed by atoms with Gasteiger partial charge in [0.25, 0.3) is 5.91 Å². The van der Waals surface area contributed by atoms with E-state index in [4.69, 9.17) is 0 Å². The molecule has 5 heteroatoms. The minimum absolute atomic E-state index is 0.0126. The lowest BCUT2D eigenvalue weighted by Crippen LogP contribution is -2.26. The fraction of sp³-hybridized carbons (Fsp3) is 0.231. The standard InChI is InChI=1S/C13H13BrN2OS/c1-9-5-10(3-4-12(9)14)13(17)16(2)6-11-7-18-8-15-11/h3-5,7-8H,6H2,1-2H3. The van der Waals surface area contributed by atoms with Gasteiger partial charge in [-0.05, 0) is 30.7 Å². The van der Waals surface area contributed by atoms with E-state index in [9.17, 15) is 4.79 Å². The van der Waals surface area contributed by atoms with E-state index in [1.54, 1.807) is 17.5 Å². The first-order valence-electron chi connectivity index (χ1n) is 5.46. The van der Waals surface area contributed by atoms with Crippen molar-refractivity contribution in [3.05, 3.63) is 50.4 Å². The van der Waals surface area contributed by atoms with Crippen molar-refractivity contribution in [2.75, 3.05) is 7.05 Å². The van der Waals surface area contributed by atoms with Gasteiger partial charge in [-0.3, -0.25) is 4.79 Å². The Kier molecular flexibility index (Phi) is 4.14. The second-order valence-electron chi connectivity index (χ2n) is 4.10. The molecule has 0 aliphatic carbocycles. The highest BCUT2D eigenvalue weighted by Crippen LogP contribution is 2.18. The zero-order valence-electron chi connectivity index (χ0n) is 10.2. The monoisotopic (exact) mass is 324 g/mol. The summed E-state index contributed by atoms with van der Waals surface area (Å²) in [6, 6.07) is 5.63. The van der Waals surface area contributed by atoms with E-state index < -0.39 is 0 Å². The fourth-order valence-electron chi connectivity index (χ4n) is 1.63. The van der Waals surface area contributed by atoms with Crippen LogP contribution in [0.3, 0.4) is 0 Å². The molecule has 0 saturated heterocycles. The molecule has 1 aromatic heterocycles. The third kappa shape index (κ3) is 2.97. The SMILES string of the molecule is Cc1cc(C(=O)N(C)Cc2cscn2)ccc1Br. The Balaban J connectivity index is 2.12. The van der Waals surface area contributed by atoms with E-state index >= 15 is 0 Å². The van der Waals surface area contributed by atoms with E-state index in [2.05, 4.69) is 20.9 Å².